The molecule has 2 rings (SSSR count). The second-order valence-electron chi connectivity index (χ2n) is 5.29. The number of aromatic nitrogens is 1. The van der Waals surface area contributed by atoms with Crippen molar-refractivity contribution >= 4 is 11.3 Å². The Balaban J connectivity index is 2.30. The first kappa shape index (κ1) is 14.9. The van der Waals surface area contributed by atoms with Crippen LogP contribution in [0.3, 0.4) is 0 Å². The average molecular weight is 282 g/mol. The number of thiazole rings is 1. The van der Waals surface area contributed by atoms with Crippen LogP contribution in [0.25, 0.3) is 0 Å². The van der Waals surface area contributed by atoms with Crippen molar-refractivity contribution in [1.82, 2.24) is 10.3 Å². The van der Waals surface area contributed by atoms with Gasteiger partial charge in [-0.05, 0) is 32.2 Å². The minimum atomic E-state index is -0.182. The predicted molar refractivity (Wildman–Crippen MR) is 80.7 cm³/mol. The van der Waals surface area contributed by atoms with Gasteiger partial charge in [0.2, 0.25) is 0 Å². The van der Waals surface area contributed by atoms with Crippen LogP contribution in [0.1, 0.15) is 68.0 Å². The molecular weight excluding hydrogens is 256 g/mol. The summed E-state index contributed by atoms with van der Waals surface area (Å²) in [6.45, 7) is 8.49. The summed E-state index contributed by atoms with van der Waals surface area (Å²) in [5.74, 6) is 0.710. The first-order chi connectivity index (χ1) is 9.20. The minimum absolute atomic E-state index is 0.182. The first-order valence-corrected chi connectivity index (χ1v) is 8.28. The zero-order valence-electron chi connectivity index (χ0n) is 12.6. The molecule has 0 spiro atoms. The molecule has 0 radical (unpaired) electrons. The van der Waals surface area contributed by atoms with Crippen molar-refractivity contribution in [2.45, 2.75) is 64.5 Å². The molecule has 1 heterocycles. The van der Waals surface area contributed by atoms with Crippen LogP contribution in [0.2, 0.25) is 0 Å². The summed E-state index contributed by atoms with van der Waals surface area (Å²) >= 11 is 1.85. The van der Waals surface area contributed by atoms with E-state index in [4.69, 9.17) is 9.72 Å². The Morgan fingerprint density at radius 3 is 2.47 bits per heavy atom. The molecule has 0 aromatic carbocycles. The Bertz CT molecular complexity index is 400. The van der Waals surface area contributed by atoms with E-state index in [1.807, 2.05) is 18.4 Å². The molecule has 1 fully saturated rings. The zero-order valence-corrected chi connectivity index (χ0v) is 13.4. The number of hydrogen-bond acceptors (Lipinski definition) is 4. The smallest absolute Gasteiger partial charge is 0.125 e. The SMILES string of the molecule is CCNCc1sc(C(CC)(CC)OC)nc1C1CC1. The fourth-order valence-electron chi connectivity index (χ4n) is 2.53. The number of methoxy groups -OCH3 is 1. The van der Waals surface area contributed by atoms with Gasteiger partial charge in [-0.3, -0.25) is 0 Å². The van der Waals surface area contributed by atoms with Crippen molar-refractivity contribution in [1.29, 1.82) is 0 Å². The minimum Gasteiger partial charge on any atom is -0.371 e. The van der Waals surface area contributed by atoms with Gasteiger partial charge in [0.15, 0.2) is 0 Å². The standard InChI is InChI=1S/C15H26N2OS/c1-5-15(6-2,18-4)14-17-13(11-8-9-11)12(19-14)10-16-7-3/h11,16H,5-10H2,1-4H3. The van der Waals surface area contributed by atoms with E-state index in [1.54, 1.807) is 0 Å². The van der Waals surface area contributed by atoms with Crippen LogP contribution in [-0.4, -0.2) is 18.6 Å². The van der Waals surface area contributed by atoms with Gasteiger partial charge in [0.05, 0.1) is 5.69 Å². The average Bonchev–Trinajstić information content (AvgIpc) is 3.20. The van der Waals surface area contributed by atoms with Crippen molar-refractivity contribution in [3.05, 3.63) is 15.6 Å². The molecule has 0 unspecified atom stereocenters. The predicted octanol–water partition coefficient (Wildman–Crippen LogP) is 3.79. The fraction of sp³-hybridized carbons (Fsp3) is 0.800. The number of nitrogens with zero attached hydrogens (tertiary/aromatic N) is 1. The summed E-state index contributed by atoms with van der Waals surface area (Å²) < 4.78 is 5.82. The highest BCUT2D eigenvalue weighted by Crippen LogP contribution is 2.45. The Kier molecular flexibility index (Phi) is 4.98. The molecule has 0 atom stereocenters. The summed E-state index contributed by atoms with van der Waals surface area (Å²) in [4.78, 5) is 6.38. The van der Waals surface area contributed by atoms with Crippen molar-refractivity contribution in [2.75, 3.05) is 13.7 Å². The molecule has 4 heteroatoms. The third kappa shape index (κ3) is 3.01. The molecule has 0 aliphatic heterocycles. The molecule has 1 aliphatic carbocycles. The van der Waals surface area contributed by atoms with E-state index in [-0.39, 0.29) is 5.60 Å². The van der Waals surface area contributed by atoms with Gasteiger partial charge in [0, 0.05) is 24.4 Å². The molecule has 1 aromatic rings. The lowest BCUT2D eigenvalue weighted by atomic mass is 9.98. The molecule has 108 valence electrons. The van der Waals surface area contributed by atoms with E-state index in [2.05, 4.69) is 26.1 Å². The maximum atomic E-state index is 5.82. The molecule has 0 amide bonds. The molecule has 1 N–H and O–H groups in total. The van der Waals surface area contributed by atoms with Gasteiger partial charge in [0.1, 0.15) is 10.6 Å². The highest BCUT2D eigenvalue weighted by atomic mass is 32.1. The number of rotatable bonds is 8. The van der Waals surface area contributed by atoms with Gasteiger partial charge < -0.3 is 10.1 Å². The van der Waals surface area contributed by atoms with Crippen LogP contribution < -0.4 is 5.32 Å². The third-order valence-electron chi connectivity index (χ3n) is 4.15. The van der Waals surface area contributed by atoms with Crippen LogP contribution in [0.4, 0.5) is 0 Å². The van der Waals surface area contributed by atoms with Crippen LogP contribution >= 0.6 is 11.3 Å². The summed E-state index contributed by atoms with van der Waals surface area (Å²) in [6.07, 6.45) is 4.58. The fourth-order valence-corrected chi connectivity index (χ4v) is 3.95. The second kappa shape index (κ2) is 6.33. The molecule has 1 aliphatic rings. The van der Waals surface area contributed by atoms with E-state index in [9.17, 15) is 0 Å². The molecule has 0 saturated heterocycles. The lowest BCUT2D eigenvalue weighted by molar-refractivity contribution is -0.0219. The lowest BCUT2D eigenvalue weighted by Crippen LogP contribution is -2.26. The van der Waals surface area contributed by atoms with Crippen molar-refractivity contribution in [3.63, 3.8) is 0 Å². The van der Waals surface area contributed by atoms with Gasteiger partial charge in [-0.25, -0.2) is 4.98 Å². The van der Waals surface area contributed by atoms with E-state index in [0.29, 0.717) is 5.92 Å². The molecule has 1 saturated carbocycles. The van der Waals surface area contributed by atoms with Crippen LogP contribution in [0.5, 0.6) is 0 Å². The quantitative estimate of drug-likeness (QED) is 0.787. The Morgan fingerprint density at radius 2 is 2.00 bits per heavy atom. The lowest BCUT2D eigenvalue weighted by Gasteiger charge is -2.27. The summed E-state index contributed by atoms with van der Waals surface area (Å²) in [7, 11) is 1.81. The van der Waals surface area contributed by atoms with Crippen molar-refractivity contribution < 1.29 is 4.74 Å². The summed E-state index contributed by atoms with van der Waals surface area (Å²) in [5, 5.41) is 4.61. The molecule has 19 heavy (non-hydrogen) atoms. The Labute approximate surface area is 120 Å². The first-order valence-electron chi connectivity index (χ1n) is 7.46. The van der Waals surface area contributed by atoms with E-state index in [1.165, 1.54) is 28.4 Å². The van der Waals surface area contributed by atoms with E-state index < -0.39 is 0 Å². The topological polar surface area (TPSA) is 34.1 Å². The second-order valence-corrected chi connectivity index (χ2v) is 6.37. The Hall–Kier alpha value is -0.450. The number of ether oxygens (including phenoxy) is 1. The van der Waals surface area contributed by atoms with Gasteiger partial charge in [-0.15, -0.1) is 11.3 Å². The van der Waals surface area contributed by atoms with Crippen molar-refractivity contribution in [3.8, 4) is 0 Å². The van der Waals surface area contributed by atoms with Crippen LogP contribution in [0, 0.1) is 0 Å². The van der Waals surface area contributed by atoms with E-state index >= 15 is 0 Å². The molecule has 0 bridgehead atoms. The van der Waals surface area contributed by atoms with Gasteiger partial charge in [-0.1, -0.05) is 20.8 Å². The van der Waals surface area contributed by atoms with Crippen LogP contribution in [0.15, 0.2) is 0 Å². The number of nitrogens with one attached hydrogen (secondary N) is 1. The highest BCUT2D eigenvalue weighted by Gasteiger charge is 2.36. The summed E-state index contributed by atoms with van der Waals surface area (Å²) in [6, 6.07) is 0. The maximum absolute atomic E-state index is 5.82. The van der Waals surface area contributed by atoms with Gasteiger partial charge >= 0.3 is 0 Å². The normalized spacial score (nSPS) is 16.0. The summed E-state index contributed by atoms with van der Waals surface area (Å²) in [5.41, 5.74) is 1.16. The largest absolute Gasteiger partial charge is 0.371 e. The molecule has 3 nitrogen and oxygen atoms in total. The zero-order chi connectivity index (χ0) is 13.9. The third-order valence-corrected chi connectivity index (χ3v) is 5.41. The Morgan fingerprint density at radius 1 is 1.32 bits per heavy atom. The van der Waals surface area contributed by atoms with Gasteiger partial charge in [-0.2, -0.15) is 0 Å². The maximum Gasteiger partial charge on any atom is 0.125 e. The van der Waals surface area contributed by atoms with Crippen molar-refractivity contribution in [2.24, 2.45) is 0 Å². The monoisotopic (exact) mass is 282 g/mol. The van der Waals surface area contributed by atoms with E-state index in [0.717, 1.165) is 25.9 Å². The highest BCUT2D eigenvalue weighted by molar-refractivity contribution is 7.11. The van der Waals surface area contributed by atoms with Gasteiger partial charge in [0.25, 0.3) is 0 Å². The van der Waals surface area contributed by atoms with Crippen LogP contribution in [-0.2, 0) is 16.9 Å². The molecule has 1 aromatic heterocycles. The molecular formula is C15H26N2OS. The number of hydrogen-bond donors (Lipinski definition) is 1.